The van der Waals surface area contributed by atoms with Crippen molar-refractivity contribution in [3.8, 4) is 0 Å². The highest BCUT2D eigenvalue weighted by atomic mass is 16.6. The maximum atomic E-state index is 11.8. The molecule has 1 heterocycles. The molecular weight excluding hydrogens is 256 g/mol. The van der Waals surface area contributed by atoms with Gasteiger partial charge in [0.1, 0.15) is 5.60 Å². The molecule has 1 amide bonds. The minimum Gasteiger partial charge on any atom is -0.444 e. The van der Waals surface area contributed by atoms with Crippen LogP contribution < -0.4 is 5.32 Å². The number of carbonyl (C=O) groups is 1. The standard InChI is InChI=1S/C15H30N2O3/c1-6-11(7-2)13(18)8-16-12-9-17(10-12)14(19)20-15(3,4)5/h11-13,16,18H,6-10H2,1-5H3. The second-order valence-corrected chi connectivity index (χ2v) is 6.63. The molecule has 1 aliphatic heterocycles. The number of nitrogens with one attached hydrogen (secondary N) is 1. The summed E-state index contributed by atoms with van der Waals surface area (Å²) in [5.41, 5.74) is -0.443. The lowest BCUT2D eigenvalue weighted by molar-refractivity contribution is 0.00318. The maximum absolute atomic E-state index is 11.8. The van der Waals surface area contributed by atoms with Crippen molar-refractivity contribution in [1.82, 2.24) is 10.2 Å². The van der Waals surface area contributed by atoms with Crippen LogP contribution in [0.2, 0.25) is 0 Å². The first-order valence-electron chi connectivity index (χ1n) is 7.66. The van der Waals surface area contributed by atoms with Gasteiger partial charge in [-0.3, -0.25) is 0 Å². The molecule has 0 spiro atoms. The zero-order valence-electron chi connectivity index (χ0n) is 13.5. The van der Waals surface area contributed by atoms with Crippen LogP contribution in [0.4, 0.5) is 4.79 Å². The summed E-state index contributed by atoms with van der Waals surface area (Å²) in [6, 6.07) is 0.270. The Balaban J connectivity index is 2.21. The molecule has 2 N–H and O–H groups in total. The number of nitrogens with zero attached hydrogens (tertiary/aromatic N) is 1. The van der Waals surface area contributed by atoms with Crippen LogP contribution in [0, 0.1) is 5.92 Å². The molecule has 1 saturated heterocycles. The minimum atomic E-state index is -0.443. The van der Waals surface area contributed by atoms with E-state index >= 15 is 0 Å². The molecule has 1 rings (SSSR count). The molecule has 0 aromatic carbocycles. The van der Waals surface area contributed by atoms with Crippen LogP contribution >= 0.6 is 0 Å². The van der Waals surface area contributed by atoms with E-state index in [-0.39, 0.29) is 18.2 Å². The van der Waals surface area contributed by atoms with Crippen molar-refractivity contribution in [2.24, 2.45) is 5.92 Å². The summed E-state index contributed by atoms with van der Waals surface area (Å²) in [6.45, 7) is 11.7. The summed E-state index contributed by atoms with van der Waals surface area (Å²) in [7, 11) is 0. The van der Waals surface area contributed by atoms with Crippen LogP contribution in [0.3, 0.4) is 0 Å². The molecule has 5 heteroatoms. The van der Waals surface area contributed by atoms with Crippen LogP contribution in [0.5, 0.6) is 0 Å². The van der Waals surface area contributed by atoms with Gasteiger partial charge in [0, 0.05) is 25.7 Å². The minimum absolute atomic E-state index is 0.254. The van der Waals surface area contributed by atoms with Gasteiger partial charge in [0.15, 0.2) is 0 Å². The number of hydrogen-bond acceptors (Lipinski definition) is 4. The van der Waals surface area contributed by atoms with Crippen molar-refractivity contribution in [3.05, 3.63) is 0 Å². The lowest BCUT2D eigenvalue weighted by atomic mass is 9.96. The van der Waals surface area contributed by atoms with Crippen molar-refractivity contribution < 1.29 is 14.6 Å². The van der Waals surface area contributed by atoms with Crippen molar-refractivity contribution >= 4 is 6.09 Å². The Morgan fingerprint density at radius 1 is 1.35 bits per heavy atom. The Labute approximate surface area is 122 Å². The maximum Gasteiger partial charge on any atom is 0.410 e. The highest BCUT2D eigenvalue weighted by molar-refractivity contribution is 5.69. The predicted molar refractivity (Wildman–Crippen MR) is 79.7 cm³/mol. The lowest BCUT2D eigenvalue weighted by Gasteiger charge is -2.40. The Hall–Kier alpha value is -0.810. The van der Waals surface area contributed by atoms with E-state index in [1.54, 1.807) is 4.90 Å². The van der Waals surface area contributed by atoms with E-state index in [2.05, 4.69) is 19.2 Å². The summed E-state index contributed by atoms with van der Waals surface area (Å²) in [4.78, 5) is 13.4. The quantitative estimate of drug-likeness (QED) is 0.784. The Bertz CT molecular complexity index is 305. The van der Waals surface area contributed by atoms with Gasteiger partial charge >= 0.3 is 6.09 Å². The van der Waals surface area contributed by atoms with Gasteiger partial charge in [0.25, 0.3) is 0 Å². The van der Waals surface area contributed by atoms with Crippen LogP contribution in [-0.4, -0.2) is 53.5 Å². The summed E-state index contributed by atoms with van der Waals surface area (Å²) in [6.07, 6.45) is 1.43. The lowest BCUT2D eigenvalue weighted by Crippen LogP contribution is -2.61. The number of ether oxygens (including phenoxy) is 1. The zero-order valence-corrected chi connectivity index (χ0v) is 13.5. The van der Waals surface area contributed by atoms with E-state index in [0.717, 1.165) is 12.8 Å². The molecule has 0 aromatic rings. The van der Waals surface area contributed by atoms with E-state index in [0.29, 0.717) is 25.6 Å². The fourth-order valence-electron chi connectivity index (χ4n) is 2.37. The molecule has 1 unspecified atom stereocenters. The summed E-state index contributed by atoms with van der Waals surface area (Å²) in [5, 5.41) is 13.4. The second kappa shape index (κ2) is 7.27. The topological polar surface area (TPSA) is 61.8 Å². The molecule has 1 atom stereocenters. The SMILES string of the molecule is CCC(CC)C(O)CNC1CN(C(=O)OC(C)(C)C)C1. The van der Waals surface area contributed by atoms with E-state index in [9.17, 15) is 9.90 Å². The summed E-state index contributed by atoms with van der Waals surface area (Å²) < 4.78 is 5.30. The molecule has 1 fully saturated rings. The molecule has 118 valence electrons. The molecule has 0 bridgehead atoms. The van der Waals surface area contributed by atoms with Crippen molar-refractivity contribution in [1.29, 1.82) is 0 Å². The Morgan fingerprint density at radius 2 is 1.90 bits per heavy atom. The van der Waals surface area contributed by atoms with E-state index in [1.165, 1.54) is 0 Å². The summed E-state index contributed by atoms with van der Waals surface area (Å²) >= 11 is 0. The smallest absolute Gasteiger partial charge is 0.410 e. The highest BCUT2D eigenvalue weighted by Gasteiger charge is 2.33. The molecule has 0 radical (unpaired) electrons. The fourth-order valence-corrected chi connectivity index (χ4v) is 2.37. The Morgan fingerprint density at radius 3 is 2.35 bits per heavy atom. The first kappa shape index (κ1) is 17.2. The normalized spacial score (nSPS) is 18.1. The number of aliphatic hydroxyl groups is 1. The Kier molecular flexibility index (Phi) is 6.27. The fraction of sp³-hybridized carbons (Fsp3) is 0.933. The third-order valence-electron chi connectivity index (χ3n) is 3.74. The summed E-state index contributed by atoms with van der Waals surface area (Å²) in [5.74, 6) is 0.351. The third-order valence-corrected chi connectivity index (χ3v) is 3.74. The molecule has 5 nitrogen and oxygen atoms in total. The second-order valence-electron chi connectivity index (χ2n) is 6.63. The van der Waals surface area contributed by atoms with Gasteiger partial charge in [0.05, 0.1) is 6.10 Å². The predicted octanol–water partition coefficient (Wildman–Crippen LogP) is 1.99. The van der Waals surface area contributed by atoms with Crippen LogP contribution in [0.15, 0.2) is 0 Å². The molecular formula is C15H30N2O3. The van der Waals surface area contributed by atoms with Crippen LogP contribution in [-0.2, 0) is 4.74 Å². The zero-order chi connectivity index (χ0) is 15.3. The molecule has 0 aliphatic carbocycles. The first-order chi connectivity index (χ1) is 9.26. The van der Waals surface area contributed by atoms with E-state index in [4.69, 9.17) is 4.74 Å². The molecule has 20 heavy (non-hydrogen) atoms. The molecule has 1 aliphatic rings. The number of likely N-dealkylation sites (tertiary alicyclic amines) is 1. The average molecular weight is 286 g/mol. The number of rotatable bonds is 6. The van der Waals surface area contributed by atoms with Gasteiger partial charge < -0.3 is 20.1 Å². The number of carbonyl (C=O) groups excluding carboxylic acids is 1. The van der Waals surface area contributed by atoms with Crippen molar-refractivity contribution in [2.75, 3.05) is 19.6 Å². The van der Waals surface area contributed by atoms with Gasteiger partial charge in [-0.15, -0.1) is 0 Å². The van der Waals surface area contributed by atoms with Crippen LogP contribution in [0.25, 0.3) is 0 Å². The largest absolute Gasteiger partial charge is 0.444 e. The first-order valence-corrected chi connectivity index (χ1v) is 7.66. The number of amides is 1. The molecule has 0 saturated carbocycles. The van der Waals surface area contributed by atoms with Gasteiger partial charge in [0.2, 0.25) is 0 Å². The van der Waals surface area contributed by atoms with Gasteiger partial charge in [-0.1, -0.05) is 26.7 Å². The molecule has 0 aromatic heterocycles. The average Bonchev–Trinajstić information content (AvgIpc) is 2.25. The highest BCUT2D eigenvalue weighted by Crippen LogP contribution is 2.16. The number of aliphatic hydroxyl groups excluding tert-OH is 1. The van der Waals surface area contributed by atoms with Crippen LogP contribution in [0.1, 0.15) is 47.5 Å². The number of hydrogen-bond donors (Lipinski definition) is 2. The third kappa shape index (κ3) is 5.29. The van der Waals surface area contributed by atoms with E-state index in [1.807, 2.05) is 20.8 Å². The monoisotopic (exact) mass is 286 g/mol. The van der Waals surface area contributed by atoms with Gasteiger partial charge in [-0.25, -0.2) is 4.79 Å². The van der Waals surface area contributed by atoms with E-state index < -0.39 is 5.60 Å². The van der Waals surface area contributed by atoms with Gasteiger partial charge in [-0.05, 0) is 26.7 Å². The van der Waals surface area contributed by atoms with Gasteiger partial charge in [-0.2, -0.15) is 0 Å². The van der Waals surface area contributed by atoms with Crippen molar-refractivity contribution in [3.63, 3.8) is 0 Å². The van der Waals surface area contributed by atoms with Crippen molar-refractivity contribution in [2.45, 2.75) is 65.2 Å².